The Balaban J connectivity index is 2.03. The van der Waals surface area contributed by atoms with Crippen LogP contribution in [0.15, 0.2) is 22.9 Å². The highest BCUT2D eigenvalue weighted by Gasteiger charge is 2.18. The van der Waals surface area contributed by atoms with E-state index in [4.69, 9.17) is 0 Å². The van der Waals surface area contributed by atoms with E-state index in [-0.39, 0.29) is 0 Å². The molecule has 3 heterocycles. The second-order valence-electron chi connectivity index (χ2n) is 4.14. The fourth-order valence-corrected chi connectivity index (χ4v) is 2.58. The highest BCUT2D eigenvalue weighted by Crippen LogP contribution is 2.23. The van der Waals surface area contributed by atoms with Gasteiger partial charge in [0.15, 0.2) is 5.65 Å². The van der Waals surface area contributed by atoms with Gasteiger partial charge in [0.2, 0.25) is 0 Å². The van der Waals surface area contributed by atoms with Gasteiger partial charge in [0.25, 0.3) is 0 Å². The van der Waals surface area contributed by atoms with Crippen molar-refractivity contribution in [1.29, 1.82) is 0 Å². The number of fused-ring (bicyclic) bond motifs is 1. The number of piperidine rings is 1. The van der Waals surface area contributed by atoms with Crippen LogP contribution >= 0.6 is 15.9 Å². The third-order valence-corrected chi connectivity index (χ3v) is 3.49. The summed E-state index contributed by atoms with van der Waals surface area (Å²) in [5, 5.41) is 8.94. The molecule has 3 rings (SSSR count). The van der Waals surface area contributed by atoms with Gasteiger partial charge in [-0.05, 0) is 47.9 Å². The number of nitrogens with one attached hydrogen (secondary N) is 1. The first-order valence-electron chi connectivity index (χ1n) is 5.54. The average molecular weight is 281 g/mol. The van der Waals surface area contributed by atoms with Crippen molar-refractivity contribution in [2.75, 3.05) is 13.1 Å². The molecule has 1 aliphatic rings. The third kappa shape index (κ3) is 1.74. The Kier molecular flexibility index (Phi) is 2.65. The number of rotatable bonds is 1. The number of pyridine rings is 1. The monoisotopic (exact) mass is 280 g/mol. The summed E-state index contributed by atoms with van der Waals surface area (Å²) in [7, 11) is 0. The Morgan fingerprint density at radius 3 is 2.94 bits per heavy atom. The molecule has 1 fully saturated rings. The molecule has 1 aliphatic heterocycles. The van der Waals surface area contributed by atoms with Gasteiger partial charge in [0.05, 0.1) is 12.2 Å². The molecule has 2 aromatic heterocycles. The predicted molar refractivity (Wildman–Crippen MR) is 66.4 cm³/mol. The number of aromatic nitrogens is 3. The maximum atomic E-state index is 4.47. The lowest BCUT2D eigenvalue weighted by Crippen LogP contribution is -2.29. The van der Waals surface area contributed by atoms with Gasteiger partial charge < -0.3 is 5.32 Å². The van der Waals surface area contributed by atoms with Crippen LogP contribution in [-0.4, -0.2) is 27.9 Å². The van der Waals surface area contributed by atoms with E-state index < -0.39 is 0 Å². The van der Waals surface area contributed by atoms with Crippen LogP contribution in [0, 0.1) is 0 Å². The predicted octanol–water partition coefficient (Wildman–Crippen LogP) is 2.12. The molecule has 4 nitrogen and oxygen atoms in total. The molecule has 1 saturated heterocycles. The van der Waals surface area contributed by atoms with Gasteiger partial charge in [-0.1, -0.05) is 0 Å². The summed E-state index contributed by atoms with van der Waals surface area (Å²) in [6.07, 6.45) is 6.00. The normalized spacial score (nSPS) is 18.1. The fraction of sp³-hybridized carbons (Fsp3) is 0.455. The minimum Gasteiger partial charge on any atom is -0.317 e. The van der Waals surface area contributed by atoms with Crippen LogP contribution in [0.3, 0.4) is 0 Å². The molecule has 0 unspecified atom stereocenters. The largest absolute Gasteiger partial charge is 0.317 e. The quantitative estimate of drug-likeness (QED) is 0.870. The van der Waals surface area contributed by atoms with Crippen molar-refractivity contribution in [2.45, 2.75) is 18.9 Å². The first kappa shape index (κ1) is 10.2. The fourth-order valence-electron chi connectivity index (χ4n) is 2.23. The molecule has 0 amide bonds. The van der Waals surface area contributed by atoms with Crippen molar-refractivity contribution in [3.8, 4) is 0 Å². The summed E-state index contributed by atoms with van der Waals surface area (Å²) < 4.78 is 3.08. The van der Waals surface area contributed by atoms with Crippen LogP contribution in [0.2, 0.25) is 0 Å². The van der Waals surface area contributed by atoms with E-state index in [1.54, 1.807) is 0 Å². The van der Waals surface area contributed by atoms with E-state index in [0.717, 1.165) is 41.4 Å². The van der Waals surface area contributed by atoms with Gasteiger partial charge in [-0.15, -0.1) is 0 Å². The Bertz CT molecular complexity index is 502. The lowest BCUT2D eigenvalue weighted by molar-refractivity contribution is 0.350. The standard InChI is InChI=1S/C11H13BrN4/c12-9-5-8-6-15-16(11(8)14-7-9)10-1-3-13-4-2-10/h5-7,10,13H,1-4H2. The van der Waals surface area contributed by atoms with Gasteiger partial charge >= 0.3 is 0 Å². The van der Waals surface area contributed by atoms with Crippen LogP contribution < -0.4 is 5.32 Å². The molecule has 0 spiro atoms. The molecule has 0 aromatic carbocycles. The van der Waals surface area contributed by atoms with Crippen molar-refractivity contribution in [3.63, 3.8) is 0 Å². The van der Waals surface area contributed by atoms with Crippen molar-refractivity contribution in [3.05, 3.63) is 22.9 Å². The van der Waals surface area contributed by atoms with Gasteiger partial charge in [0, 0.05) is 16.1 Å². The lowest BCUT2D eigenvalue weighted by atomic mass is 10.1. The summed E-state index contributed by atoms with van der Waals surface area (Å²) in [5.74, 6) is 0. The zero-order chi connectivity index (χ0) is 11.0. The van der Waals surface area contributed by atoms with Crippen LogP contribution in [0.5, 0.6) is 0 Å². The Morgan fingerprint density at radius 1 is 1.31 bits per heavy atom. The van der Waals surface area contributed by atoms with Crippen molar-refractivity contribution in [1.82, 2.24) is 20.1 Å². The number of halogens is 1. The van der Waals surface area contributed by atoms with Crippen LogP contribution in [0.25, 0.3) is 11.0 Å². The first-order chi connectivity index (χ1) is 7.84. The van der Waals surface area contributed by atoms with E-state index in [0.29, 0.717) is 6.04 Å². The summed E-state index contributed by atoms with van der Waals surface area (Å²) in [6.45, 7) is 2.14. The zero-order valence-corrected chi connectivity index (χ0v) is 10.4. The minimum absolute atomic E-state index is 0.493. The average Bonchev–Trinajstić information content (AvgIpc) is 2.73. The SMILES string of the molecule is Brc1cnc2c(cnn2C2CCNCC2)c1. The molecule has 0 aliphatic carbocycles. The summed E-state index contributed by atoms with van der Waals surface area (Å²) >= 11 is 3.43. The Morgan fingerprint density at radius 2 is 2.12 bits per heavy atom. The summed E-state index contributed by atoms with van der Waals surface area (Å²) in [4.78, 5) is 4.45. The minimum atomic E-state index is 0.493. The topological polar surface area (TPSA) is 42.7 Å². The molecule has 0 atom stereocenters. The van der Waals surface area contributed by atoms with Crippen molar-refractivity contribution >= 4 is 27.0 Å². The van der Waals surface area contributed by atoms with Crippen molar-refractivity contribution in [2.24, 2.45) is 0 Å². The molecule has 84 valence electrons. The maximum Gasteiger partial charge on any atom is 0.158 e. The lowest BCUT2D eigenvalue weighted by Gasteiger charge is -2.23. The second kappa shape index (κ2) is 4.14. The number of hydrogen-bond acceptors (Lipinski definition) is 3. The molecule has 2 aromatic rings. The third-order valence-electron chi connectivity index (χ3n) is 3.05. The molecular weight excluding hydrogens is 268 g/mol. The molecule has 0 radical (unpaired) electrons. The molecule has 16 heavy (non-hydrogen) atoms. The highest BCUT2D eigenvalue weighted by atomic mass is 79.9. The van der Waals surface area contributed by atoms with Gasteiger partial charge in [-0.3, -0.25) is 0 Å². The number of hydrogen-bond donors (Lipinski definition) is 1. The Labute approximate surface area is 102 Å². The molecule has 0 bridgehead atoms. The van der Waals surface area contributed by atoms with Crippen LogP contribution in [0.1, 0.15) is 18.9 Å². The van der Waals surface area contributed by atoms with E-state index in [2.05, 4.69) is 42.1 Å². The highest BCUT2D eigenvalue weighted by molar-refractivity contribution is 9.10. The summed E-state index contributed by atoms with van der Waals surface area (Å²) in [6, 6.07) is 2.56. The first-order valence-corrected chi connectivity index (χ1v) is 6.33. The van der Waals surface area contributed by atoms with E-state index in [1.807, 2.05) is 12.4 Å². The summed E-state index contributed by atoms with van der Waals surface area (Å²) in [5.41, 5.74) is 0.995. The Hall–Kier alpha value is -0.940. The molecule has 5 heteroatoms. The maximum absolute atomic E-state index is 4.47. The van der Waals surface area contributed by atoms with Crippen LogP contribution in [0.4, 0.5) is 0 Å². The van der Waals surface area contributed by atoms with Gasteiger partial charge in [0.1, 0.15) is 0 Å². The van der Waals surface area contributed by atoms with Gasteiger partial charge in [-0.25, -0.2) is 9.67 Å². The number of nitrogens with zero attached hydrogens (tertiary/aromatic N) is 3. The van der Waals surface area contributed by atoms with Crippen LogP contribution in [-0.2, 0) is 0 Å². The van der Waals surface area contributed by atoms with Gasteiger partial charge in [-0.2, -0.15) is 5.10 Å². The van der Waals surface area contributed by atoms with E-state index in [1.165, 1.54) is 0 Å². The molecule has 1 N–H and O–H groups in total. The van der Waals surface area contributed by atoms with E-state index >= 15 is 0 Å². The zero-order valence-electron chi connectivity index (χ0n) is 8.86. The smallest absolute Gasteiger partial charge is 0.158 e. The van der Waals surface area contributed by atoms with E-state index in [9.17, 15) is 0 Å². The van der Waals surface area contributed by atoms with Crippen molar-refractivity contribution < 1.29 is 0 Å². The molecule has 0 saturated carbocycles. The second-order valence-corrected chi connectivity index (χ2v) is 5.05. The molecular formula is C11H13BrN4.